The first kappa shape index (κ1) is 12.3. The molecule has 3 aromatic rings. The molecule has 0 radical (unpaired) electrons. The molecule has 1 nitrogen and oxygen atoms in total. The van der Waals surface area contributed by atoms with E-state index < -0.39 is 0 Å². The van der Waals surface area contributed by atoms with Gasteiger partial charge in [-0.05, 0) is 33.7 Å². The molecule has 1 N–H and O–H groups in total. The summed E-state index contributed by atoms with van der Waals surface area (Å²) in [6.07, 6.45) is 0. The number of hydrogen-bond donors (Lipinski definition) is 3. The standard InChI is InChI=1S/C14H10.H3NS2/c1-2-6-12-10-14-8-4-3-7-13(14)9-11(12)5-1;2-1-3/h1-10H;1-3H. The van der Waals surface area contributed by atoms with Crippen molar-refractivity contribution in [1.82, 2.24) is 4.13 Å². The summed E-state index contributed by atoms with van der Waals surface area (Å²) in [5.74, 6) is 0. The molecular formula is C14H13NS2. The summed E-state index contributed by atoms with van der Waals surface area (Å²) in [6.45, 7) is 0. The van der Waals surface area contributed by atoms with Crippen LogP contribution in [0, 0.1) is 0 Å². The van der Waals surface area contributed by atoms with E-state index in [-0.39, 0.29) is 0 Å². The maximum absolute atomic E-state index is 3.40. The van der Waals surface area contributed by atoms with E-state index in [1.165, 1.54) is 21.5 Å². The maximum Gasteiger partial charge on any atom is -0.0178 e. The van der Waals surface area contributed by atoms with E-state index in [0.29, 0.717) is 0 Å². The highest BCUT2D eigenvalue weighted by molar-refractivity contribution is 7.94. The van der Waals surface area contributed by atoms with E-state index in [9.17, 15) is 0 Å². The Labute approximate surface area is 112 Å². The SMILES string of the molecule is SNS.c1ccc2cc3ccccc3cc2c1. The highest BCUT2D eigenvalue weighted by Gasteiger charge is 1.95. The molecule has 0 saturated carbocycles. The van der Waals surface area contributed by atoms with Gasteiger partial charge >= 0.3 is 0 Å². The molecule has 0 atom stereocenters. The van der Waals surface area contributed by atoms with Crippen molar-refractivity contribution < 1.29 is 0 Å². The van der Waals surface area contributed by atoms with Crippen molar-refractivity contribution >= 4 is 47.2 Å². The Morgan fingerprint density at radius 1 is 0.588 bits per heavy atom. The average Bonchev–Trinajstić information content (AvgIpc) is 2.37. The van der Waals surface area contributed by atoms with Gasteiger partial charge in [-0.2, -0.15) is 0 Å². The van der Waals surface area contributed by atoms with Crippen LogP contribution in [-0.4, -0.2) is 0 Å². The van der Waals surface area contributed by atoms with E-state index in [1.54, 1.807) is 0 Å². The first-order valence-corrected chi connectivity index (χ1v) is 6.15. The number of rotatable bonds is 0. The topological polar surface area (TPSA) is 12.0 Å². The average molecular weight is 259 g/mol. The Morgan fingerprint density at radius 2 is 0.824 bits per heavy atom. The zero-order valence-corrected chi connectivity index (χ0v) is 11.0. The lowest BCUT2D eigenvalue weighted by atomic mass is 10.0. The van der Waals surface area contributed by atoms with Gasteiger partial charge in [0, 0.05) is 0 Å². The monoisotopic (exact) mass is 259 g/mol. The predicted octanol–water partition coefficient (Wildman–Crippen LogP) is 4.26. The van der Waals surface area contributed by atoms with Crippen LogP contribution in [0.15, 0.2) is 60.7 Å². The van der Waals surface area contributed by atoms with Gasteiger partial charge in [0.25, 0.3) is 0 Å². The fraction of sp³-hybridized carbons (Fsp3) is 0. The zero-order valence-electron chi connectivity index (χ0n) is 9.17. The van der Waals surface area contributed by atoms with Crippen LogP contribution < -0.4 is 4.13 Å². The van der Waals surface area contributed by atoms with Crippen LogP contribution in [0.2, 0.25) is 0 Å². The van der Waals surface area contributed by atoms with Crippen molar-refractivity contribution in [2.24, 2.45) is 0 Å². The van der Waals surface area contributed by atoms with Crippen molar-refractivity contribution in [3.8, 4) is 0 Å². The minimum atomic E-state index is 1.31. The molecule has 0 unspecified atom stereocenters. The summed E-state index contributed by atoms with van der Waals surface area (Å²) in [5, 5.41) is 5.25. The third-order valence-electron chi connectivity index (χ3n) is 2.61. The Balaban J connectivity index is 0.000000329. The van der Waals surface area contributed by atoms with Crippen LogP contribution in [0.3, 0.4) is 0 Å². The highest BCUT2D eigenvalue weighted by Crippen LogP contribution is 2.21. The highest BCUT2D eigenvalue weighted by atomic mass is 32.2. The molecule has 0 aliphatic rings. The third kappa shape index (κ3) is 2.94. The summed E-state index contributed by atoms with van der Waals surface area (Å²) in [6, 6.07) is 21.4. The van der Waals surface area contributed by atoms with Gasteiger partial charge in [-0.1, -0.05) is 74.2 Å². The molecule has 0 fully saturated rings. The molecule has 86 valence electrons. The third-order valence-corrected chi connectivity index (χ3v) is 2.61. The van der Waals surface area contributed by atoms with Gasteiger partial charge in [-0.25, -0.2) is 4.13 Å². The van der Waals surface area contributed by atoms with Gasteiger partial charge in [0.1, 0.15) is 0 Å². The van der Waals surface area contributed by atoms with Gasteiger partial charge in [0.05, 0.1) is 0 Å². The van der Waals surface area contributed by atoms with Crippen LogP contribution in [0.25, 0.3) is 21.5 Å². The number of thiol groups is 2. The van der Waals surface area contributed by atoms with Gasteiger partial charge < -0.3 is 0 Å². The van der Waals surface area contributed by atoms with Crippen molar-refractivity contribution in [3.63, 3.8) is 0 Å². The lowest BCUT2D eigenvalue weighted by Gasteiger charge is -2.00. The van der Waals surface area contributed by atoms with E-state index in [2.05, 4.69) is 90.4 Å². The molecule has 0 aliphatic carbocycles. The second-order valence-electron chi connectivity index (χ2n) is 3.65. The molecule has 3 heteroatoms. The van der Waals surface area contributed by atoms with Crippen LogP contribution >= 0.6 is 25.6 Å². The van der Waals surface area contributed by atoms with E-state index in [0.717, 1.165) is 0 Å². The summed E-state index contributed by atoms with van der Waals surface area (Å²) >= 11 is 6.81. The molecule has 17 heavy (non-hydrogen) atoms. The van der Waals surface area contributed by atoms with Crippen molar-refractivity contribution in [1.29, 1.82) is 0 Å². The number of hydrogen-bond acceptors (Lipinski definition) is 3. The Morgan fingerprint density at radius 3 is 1.06 bits per heavy atom. The van der Waals surface area contributed by atoms with Crippen LogP contribution in [-0.2, 0) is 0 Å². The van der Waals surface area contributed by atoms with Gasteiger partial charge in [-0.15, -0.1) is 0 Å². The summed E-state index contributed by atoms with van der Waals surface area (Å²) in [5.41, 5.74) is 0. The Bertz CT molecular complexity index is 517. The normalized spacial score (nSPS) is 10.0. The minimum Gasteiger partial charge on any atom is -0.213 e. The lowest BCUT2D eigenvalue weighted by Crippen LogP contribution is -1.74. The minimum absolute atomic E-state index is 1.31. The zero-order chi connectivity index (χ0) is 12.1. The Kier molecular flexibility index (Phi) is 4.31. The molecular weight excluding hydrogens is 246 g/mol. The fourth-order valence-electron chi connectivity index (χ4n) is 1.88. The van der Waals surface area contributed by atoms with E-state index in [4.69, 9.17) is 0 Å². The summed E-state index contributed by atoms with van der Waals surface area (Å²) < 4.78 is 2.14. The van der Waals surface area contributed by atoms with Crippen molar-refractivity contribution in [2.45, 2.75) is 0 Å². The van der Waals surface area contributed by atoms with Crippen LogP contribution in [0.4, 0.5) is 0 Å². The molecule has 0 saturated heterocycles. The van der Waals surface area contributed by atoms with Crippen LogP contribution in [0.1, 0.15) is 0 Å². The van der Waals surface area contributed by atoms with Gasteiger partial charge in [0.15, 0.2) is 0 Å². The molecule has 0 heterocycles. The largest absolute Gasteiger partial charge is 0.213 e. The van der Waals surface area contributed by atoms with E-state index in [1.807, 2.05) is 0 Å². The van der Waals surface area contributed by atoms with Crippen molar-refractivity contribution in [3.05, 3.63) is 60.7 Å². The summed E-state index contributed by atoms with van der Waals surface area (Å²) in [4.78, 5) is 0. The molecule has 0 aromatic heterocycles. The molecule has 3 aromatic carbocycles. The van der Waals surface area contributed by atoms with Crippen LogP contribution in [0.5, 0.6) is 0 Å². The molecule has 0 amide bonds. The predicted molar refractivity (Wildman–Crippen MR) is 82.6 cm³/mol. The van der Waals surface area contributed by atoms with Gasteiger partial charge in [-0.3, -0.25) is 0 Å². The summed E-state index contributed by atoms with van der Waals surface area (Å²) in [7, 11) is 0. The fourth-order valence-corrected chi connectivity index (χ4v) is 1.88. The smallest absolute Gasteiger partial charge is 0.0178 e. The van der Waals surface area contributed by atoms with Gasteiger partial charge in [0.2, 0.25) is 0 Å². The quantitative estimate of drug-likeness (QED) is 0.405. The molecule has 0 aliphatic heterocycles. The Hall–Kier alpha value is -1.16. The number of fused-ring (bicyclic) bond motifs is 2. The first-order valence-electron chi connectivity index (χ1n) is 5.26. The van der Waals surface area contributed by atoms with E-state index >= 15 is 0 Å². The second-order valence-corrected chi connectivity index (χ2v) is 4.45. The maximum atomic E-state index is 3.40. The number of benzene rings is 3. The molecule has 0 bridgehead atoms. The van der Waals surface area contributed by atoms with Crippen molar-refractivity contribution in [2.75, 3.05) is 0 Å². The number of nitrogens with one attached hydrogen (secondary N) is 1. The molecule has 0 spiro atoms. The first-order chi connectivity index (χ1) is 8.35. The molecule has 3 rings (SSSR count). The second kappa shape index (κ2) is 5.96. The lowest BCUT2D eigenvalue weighted by molar-refractivity contribution is 1.76.